The van der Waals surface area contributed by atoms with Crippen molar-refractivity contribution in [3.8, 4) is 16.9 Å². The normalized spacial score (nSPS) is 16.1. The second-order valence-electron chi connectivity index (χ2n) is 9.07. The molecule has 3 aromatic heterocycles. The lowest BCUT2D eigenvalue weighted by Crippen LogP contribution is -2.39. The SMILES string of the molecule is Cc1cc(Cl)cc(-c2ccnc3cc(Cn4c(=O)c(C)cn(C)c4=O)sc23)c1O[C@H]1CCCNC1. The van der Waals surface area contributed by atoms with Crippen LogP contribution in [0, 0.1) is 13.8 Å². The summed E-state index contributed by atoms with van der Waals surface area (Å²) in [4.78, 5) is 30.7. The number of pyridine rings is 1. The molecule has 0 radical (unpaired) electrons. The van der Waals surface area contributed by atoms with E-state index in [4.69, 9.17) is 16.3 Å². The fourth-order valence-corrected chi connectivity index (χ4v) is 6.04. The molecule has 5 rings (SSSR count). The molecule has 0 unspecified atom stereocenters. The lowest BCUT2D eigenvalue weighted by atomic mass is 10.0. The lowest BCUT2D eigenvalue weighted by molar-refractivity contribution is 0.167. The van der Waals surface area contributed by atoms with E-state index in [1.165, 1.54) is 20.5 Å². The molecule has 1 aromatic carbocycles. The van der Waals surface area contributed by atoms with E-state index in [1.54, 1.807) is 26.4 Å². The van der Waals surface area contributed by atoms with E-state index in [9.17, 15) is 9.59 Å². The van der Waals surface area contributed by atoms with Crippen LogP contribution in [0.25, 0.3) is 21.3 Å². The summed E-state index contributed by atoms with van der Waals surface area (Å²) in [6, 6.07) is 7.78. The Balaban J connectivity index is 1.60. The number of fused-ring (bicyclic) bond motifs is 1. The van der Waals surface area contributed by atoms with Gasteiger partial charge in [0.25, 0.3) is 5.56 Å². The molecule has 7 nitrogen and oxygen atoms in total. The monoisotopic (exact) mass is 510 g/mol. The van der Waals surface area contributed by atoms with Crippen molar-refractivity contribution < 1.29 is 4.74 Å². The van der Waals surface area contributed by atoms with E-state index in [1.807, 2.05) is 31.2 Å². The van der Waals surface area contributed by atoms with Crippen LogP contribution in [-0.4, -0.2) is 33.3 Å². The zero-order valence-corrected chi connectivity index (χ0v) is 21.5. The Morgan fingerprint density at radius 3 is 2.80 bits per heavy atom. The molecule has 4 aromatic rings. The van der Waals surface area contributed by atoms with E-state index in [-0.39, 0.29) is 23.9 Å². The Bertz CT molecular complexity index is 1500. The van der Waals surface area contributed by atoms with Gasteiger partial charge in [-0.25, -0.2) is 4.79 Å². The van der Waals surface area contributed by atoms with Crippen molar-refractivity contribution in [2.75, 3.05) is 13.1 Å². The molecule has 1 aliphatic heterocycles. The molecular formula is C26H27ClN4O3S. The number of piperidine rings is 1. The van der Waals surface area contributed by atoms with Gasteiger partial charge in [-0.15, -0.1) is 11.3 Å². The summed E-state index contributed by atoms with van der Waals surface area (Å²) in [7, 11) is 1.65. The summed E-state index contributed by atoms with van der Waals surface area (Å²) in [6.45, 7) is 5.76. The first-order valence-corrected chi connectivity index (χ1v) is 12.8. The summed E-state index contributed by atoms with van der Waals surface area (Å²) in [6.07, 6.45) is 5.52. The molecule has 0 aliphatic carbocycles. The highest BCUT2D eigenvalue weighted by Crippen LogP contribution is 2.42. The number of nitrogens with one attached hydrogen (secondary N) is 1. The Hall–Kier alpha value is -2.94. The summed E-state index contributed by atoms with van der Waals surface area (Å²) in [5.41, 5.74) is 3.59. The quantitative estimate of drug-likeness (QED) is 0.434. The number of aromatic nitrogens is 3. The first kappa shape index (κ1) is 23.8. The number of aryl methyl sites for hydroxylation is 3. The van der Waals surface area contributed by atoms with E-state index in [2.05, 4.69) is 10.3 Å². The number of hydrogen-bond donors (Lipinski definition) is 1. The third-order valence-corrected chi connectivity index (χ3v) is 7.71. The van der Waals surface area contributed by atoms with Crippen molar-refractivity contribution in [2.24, 2.45) is 7.05 Å². The summed E-state index contributed by atoms with van der Waals surface area (Å²) in [5, 5.41) is 4.05. The molecule has 182 valence electrons. The molecule has 0 amide bonds. The van der Waals surface area contributed by atoms with Crippen LogP contribution in [0.3, 0.4) is 0 Å². The first-order valence-electron chi connectivity index (χ1n) is 11.6. The van der Waals surface area contributed by atoms with Crippen LogP contribution >= 0.6 is 22.9 Å². The molecule has 1 N–H and O–H groups in total. The average molecular weight is 511 g/mol. The summed E-state index contributed by atoms with van der Waals surface area (Å²) in [5.74, 6) is 0.828. The maximum atomic E-state index is 12.7. The predicted octanol–water partition coefficient (Wildman–Crippen LogP) is 4.27. The summed E-state index contributed by atoms with van der Waals surface area (Å²) >= 11 is 8.02. The van der Waals surface area contributed by atoms with Gasteiger partial charge in [-0.1, -0.05) is 11.6 Å². The zero-order valence-electron chi connectivity index (χ0n) is 19.9. The van der Waals surface area contributed by atoms with Crippen molar-refractivity contribution >= 4 is 33.2 Å². The van der Waals surface area contributed by atoms with Gasteiger partial charge in [0.05, 0.1) is 16.8 Å². The fraction of sp³-hybridized carbons (Fsp3) is 0.346. The van der Waals surface area contributed by atoms with Crippen LogP contribution in [0.5, 0.6) is 5.75 Å². The van der Waals surface area contributed by atoms with Gasteiger partial charge in [0.2, 0.25) is 0 Å². The van der Waals surface area contributed by atoms with Gasteiger partial charge in [0.15, 0.2) is 0 Å². The smallest absolute Gasteiger partial charge is 0.331 e. The molecular weight excluding hydrogens is 484 g/mol. The third-order valence-electron chi connectivity index (χ3n) is 6.35. The minimum atomic E-state index is -0.339. The van der Waals surface area contributed by atoms with Gasteiger partial charge in [0, 0.05) is 52.6 Å². The van der Waals surface area contributed by atoms with Gasteiger partial charge >= 0.3 is 5.69 Å². The number of rotatable bonds is 5. The number of halogens is 1. The van der Waals surface area contributed by atoms with Crippen LogP contribution in [-0.2, 0) is 13.6 Å². The number of hydrogen-bond acceptors (Lipinski definition) is 6. The largest absolute Gasteiger partial charge is 0.488 e. The molecule has 35 heavy (non-hydrogen) atoms. The van der Waals surface area contributed by atoms with Gasteiger partial charge in [-0.3, -0.25) is 14.3 Å². The van der Waals surface area contributed by atoms with Gasteiger partial charge in [-0.05, 0) is 63.1 Å². The molecule has 0 saturated carbocycles. The van der Waals surface area contributed by atoms with E-state index in [0.29, 0.717) is 10.6 Å². The minimum absolute atomic E-state index is 0.100. The zero-order chi connectivity index (χ0) is 24.7. The molecule has 0 spiro atoms. The molecule has 1 aliphatic rings. The highest BCUT2D eigenvalue weighted by atomic mass is 35.5. The third kappa shape index (κ3) is 4.66. The highest BCUT2D eigenvalue weighted by molar-refractivity contribution is 7.19. The number of nitrogens with zero attached hydrogens (tertiary/aromatic N) is 3. The van der Waals surface area contributed by atoms with Gasteiger partial charge in [0.1, 0.15) is 11.9 Å². The second kappa shape index (κ2) is 9.60. The molecule has 9 heteroatoms. The standard InChI is InChI=1S/C26H27ClN4O3S/c1-15-9-17(27)10-21(23(15)34-18-5-4-7-28-12-18)20-6-8-29-22-11-19(35-24(20)22)14-31-25(32)16(2)13-30(3)26(31)33/h6,8-11,13,18,28H,4-5,7,12,14H2,1-3H3/t18-/m0/s1. The van der Waals surface area contributed by atoms with E-state index < -0.39 is 0 Å². The second-order valence-corrected chi connectivity index (χ2v) is 10.6. The number of benzene rings is 1. The Morgan fingerprint density at radius 2 is 2.03 bits per heavy atom. The Morgan fingerprint density at radius 1 is 1.20 bits per heavy atom. The lowest BCUT2D eigenvalue weighted by Gasteiger charge is -2.26. The van der Waals surface area contributed by atoms with Crippen molar-refractivity contribution in [3.63, 3.8) is 0 Å². The van der Waals surface area contributed by atoms with Gasteiger partial charge < -0.3 is 14.6 Å². The van der Waals surface area contributed by atoms with Crippen molar-refractivity contribution in [3.05, 3.63) is 78.5 Å². The number of ether oxygens (including phenoxy) is 1. The predicted molar refractivity (Wildman–Crippen MR) is 141 cm³/mol. The van der Waals surface area contributed by atoms with Crippen LogP contribution < -0.4 is 21.3 Å². The van der Waals surface area contributed by atoms with Crippen LogP contribution in [0.1, 0.15) is 28.8 Å². The summed E-state index contributed by atoms with van der Waals surface area (Å²) < 4.78 is 10.2. The van der Waals surface area contributed by atoms with E-state index in [0.717, 1.165) is 63.5 Å². The van der Waals surface area contributed by atoms with Crippen LogP contribution in [0.2, 0.25) is 5.02 Å². The molecule has 1 fully saturated rings. The Kier molecular flexibility index (Phi) is 6.53. The molecule has 0 bridgehead atoms. The van der Waals surface area contributed by atoms with Crippen LogP contribution in [0.15, 0.2) is 46.2 Å². The highest BCUT2D eigenvalue weighted by Gasteiger charge is 2.21. The van der Waals surface area contributed by atoms with Gasteiger partial charge in [-0.2, -0.15) is 0 Å². The maximum absolute atomic E-state index is 12.7. The number of thiophene rings is 1. The van der Waals surface area contributed by atoms with Crippen molar-refractivity contribution in [1.82, 2.24) is 19.4 Å². The Labute approximate surface area is 212 Å². The molecule has 1 atom stereocenters. The average Bonchev–Trinajstić information content (AvgIpc) is 3.25. The maximum Gasteiger partial charge on any atom is 0.331 e. The van der Waals surface area contributed by atoms with Crippen molar-refractivity contribution in [2.45, 2.75) is 39.3 Å². The van der Waals surface area contributed by atoms with Crippen LogP contribution in [0.4, 0.5) is 0 Å². The fourth-order valence-electron chi connectivity index (χ4n) is 4.64. The topological polar surface area (TPSA) is 78.2 Å². The first-order chi connectivity index (χ1) is 16.8. The molecule has 1 saturated heterocycles. The van der Waals surface area contributed by atoms with E-state index >= 15 is 0 Å². The molecule has 4 heterocycles. The minimum Gasteiger partial charge on any atom is -0.488 e. The van der Waals surface area contributed by atoms with Crippen molar-refractivity contribution in [1.29, 1.82) is 0 Å².